The van der Waals surface area contributed by atoms with Crippen LogP contribution in [0.1, 0.15) is 13.8 Å². The Morgan fingerprint density at radius 2 is 2.08 bits per heavy atom. The third kappa shape index (κ3) is 4.62. The smallest absolute Gasteiger partial charge is 0.236 e. The maximum atomic E-state index is 11.1. The lowest BCUT2D eigenvalue weighted by atomic mass is 10.2. The molecule has 0 aliphatic heterocycles. The van der Waals surface area contributed by atoms with Crippen LogP contribution in [-0.2, 0) is 4.79 Å². The van der Waals surface area contributed by atoms with Crippen molar-refractivity contribution >= 4 is 17.7 Å². The lowest BCUT2D eigenvalue weighted by Crippen LogP contribution is -2.45. The third-order valence-electron chi connectivity index (χ3n) is 1.59. The number of nitrogens with one attached hydrogen (secondary N) is 2. The first-order valence-corrected chi connectivity index (χ1v) is 5.47. The molecule has 0 aliphatic carbocycles. The van der Waals surface area contributed by atoms with E-state index in [1.54, 1.807) is 18.8 Å². The minimum absolute atomic E-state index is 0.0444. The first-order valence-electron chi connectivity index (χ1n) is 4.08. The van der Waals surface area contributed by atoms with Crippen LogP contribution in [0.3, 0.4) is 0 Å². The molecule has 0 aromatic heterocycles. The van der Waals surface area contributed by atoms with Gasteiger partial charge in [-0.1, -0.05) is 0 Å². The van der Waals surface area contributed by atoms with Crippen molar-refractivity contribution in [3.63, 3.8) is 0 Å². The maximum absolute atomic E-state index is 11.1. The standard InChI is InChI=1S/C8H18N2OS/c1-6(5-12-4)10-7(2)8(11)9-3/h6-7,10H,5H2,1-4H3,(H,9,11). The molecule has 0 spiro atoms. The maximum Gasteiger partial charge on any atom is 0.236 e. The zero-order valence-corrected chi connectivity index (χ0v) is 8.99. The van der Waals surface area contributed by atoms with Crippen LogP contribution in [0.15, 0.2) is 0 Å². The molecule has 0 aromatic carbocycles. The molecule has 72 valence electrons. The zero-order chi connectivity index (χ0) is 9.56. The number of thioether (sulfide) groups is 1. The van der Waals surface area contributed by atoms with Gasteiger partial charge in [0.25, 0.3) is 0 Å². The fraction of sp³-hybridized carbons (Fsp3) is 0.875. The highest BCUT2D eigenvalue weighted by molar-refractivity contribution is 7.98. The van der Waals surface area contributed by atoms with Crippen molar-refractivity contribution in [2.24, 2.45) is 0 Å². The normalized spacial score (nSPS) is 15.3. The lowest BCUT2D eigenvalue weighted by molar-refractivity contribution is -0.122. The summed E-state index contributed by atoms with van der Waals surface area (Å²) in [6.07, 6.45) is 2.06. The average molecular weight is 190 g/mol. The van der Waals surface area contributed by atoms with Crippen molar-refractivity contribution < 1.29 is 4.79 Å². The van der Waals surface area contributed by atoms with Gasteiger partial charge >= 0.3 is 0 Å². The number of amides is 1. The number of carbonyl (C=O) groups excluding carboxylic acids is 1. The minimum atomic E-state index is -0.0999. The van der Waals surface area contributed by atoms with Crippen molar-refractivity contribution in [3.05, 3.63) is 0 Å². The number of carbonyl (C=O) groups is 1. The summed E-state index contributed by atoms with van der Waals surface area (Å²) in [4.78, 5) is 11.1. The van der Waals surface area contributed by atoms with E-state index in [2.05, 4.69) is 23.8 Å². The molecule has 2 N–H and O–H groups in total. The monoisotopic (exact) mass is 190 g/mol. The summed E-state index contributed by atoms with van der Waals surface area (Å²) in [6, 6.07) is 0.282. The van der Waals surface area contributed by atoms with E-state index in [1.165, 1.54) is 0 Å². The summed E-state index contributed by atoms with van der Waals surface area (Å²) in [5.41, 5.74) is 0. The van der Waals surface area contributed by atoms with Gasteiger partial charge in [-0.15, -0.1) is 0 Å². The van der Waals surface area contributed by atoms with E-state index in [9.17, 15) is 4.79 Å². The van der Waals surface area contributed by atoms with Crippen molar-refractivity contribution in [3.8, 4) is 0 Å². The van der Waals surface area contributed by atoms with Gasteiger partial charge in [0.15, 0.2) is 0 Å². The fourth-order valence-electron chi connectivity index (χ4n) is 1.02. The molecular formula is C8H18N2OS. The quantitative estimate of drug-likeness (QED) is 0.662. The van der Waals surface area contributed by atoms with E-state index >= 15 is 0 Å². The van der Waals surface area contributed by atoms with Gasteiger partial charge in [0.1, 0.15) is 0 Å². The summed E-state index contributed by atoms with van der Waals surface area (Å²) < 4.78 is 0. The van der Waals surface area contributed by atoms with Gasteiger partial charge in [-0.05, 0) is 20.1 Å². The molecule has 0 saturated carbocycles. The Morgan fingerprint density at radius 3 is 2.50 bits per heavy atom. The van der Waals surface area contributed by atoms with Gasteiger partial charge in [0.2, 0.25) is 5.91 Å². The van der Waals surface area contributed by atoms with Gasteiger partial charge in [0, 0.05) is 18.8 Å². The van der Waals surface area contributed by atoms with Crippen LogP contribution in [0.25, 0.3) is 0 Å². The summed E-state index contributed by atoms with van der Waals surface area (Å²) in [5.74, 6) is 1.07. The molecular weight excluding hydrogens is 172 g/mol. The fourth-order valence-corrected chi connectivity index (χ4v) is 1.61. The van der Waals surface area contributed by atoms with Gasteiger partial charge in [0.05, 0.1) is 6.04 Å². The van der Waals surface area contributed by atoms with Crippen LogP contribution in [0.5, 0.6) is 0 Å². The van der Waals surface area contributed by atoms with E-state index in [4.69, 9.17) is 0 Å². The first kappa shape index (κ1) is 11.8. The van der Waals surface area contributed by atoms with Crippen LogP contribution in [0, 0.1) is 0 Å². The van der Waals surface area contributed by atoms with Crippen molar-refractivity contribution in [1.82, 2.24) is 10.6 Å². The zero-order valence-electron chi connectivity index (χ0n) is 8.18. The van der Waals surface area contributed by atoms with Crippen molar-refractivity contribution in [2.75, 3.05) is 19.1 Å². The SMILES string of the molecule is CNC(=O)C(C)NC(C)CSC. The highest BCUT2D eigenvalue weighted by Gasteiger charge is 2.12. The van der Waals surface area contributed by atoms with E-state index in [0.717, 1.165) is 5.75 Å². The topological polar surface area (TPSA) is 41.1 Å². The Hall–Kier alpha value is -0.220. The molecule has 12 heavy (non-hydrogen) atoms. The molecule has 0 rings (SSSR count). The van der Waals surface area contributed by atoms with Gasteiger partial charge in [-0.3, -0.25) is 4.79 Å². The van der Waals surface area contributed by atoms with Gasteiger partial charge in [-0.25, -0.2) is 0 Å². The van der Waals surface area contributed by atoms with E-state index in [-0.39, 0.29) is 11.9 Å². The van der Waals surface area contributed by atoms with Gasteiger partial charge < -0.3 is 10.6 Å². The predicted octanol–water partition coefficient (Wildman–Crippen LogP) is 0.462. The van der Waals surface area contributed by atoms with Crippen LogP contribution in [0.2, 0.25) is 0 Å². The highest BCUT2D eigenvalue weighted by atomic mass is 32.2. The highest BCUT2D eigenvalue weighted by Crippen LogP contribution is 1.97. The summed E-state index contributed by atoms with van der Waals surface area (Å²) in [6.45, 7) is 3.95. The molecule has 3 nitrogen and oxygen atoms in total. The molecule has 0 aromatic rings. The number of hydrogen-bond donors (Lipinski definition) is 2. The van der Waals surface area contributed by atoms with E-state index in [0.29, 0.717) is 6.04 Å². The molecule has 0 fully saturated rings. The summed E-state index contributed by atoms with van der Waals surface area (Å²) >= 11 is 1.78. The first-order chi connectivity index (χ1) is 5.61. The summed E-state index contributed by atoms with van der Waals surface area (Å²) in [7, 11) is 1.65. The summed E-state index contributed by atoms with van der Waals surface area (Å²) in [5, 5.41) is 5.80. The third-order valence-corrected chi connectivity index (χ3v) is 2.42. The van der Waals surface area contributed by atoms with Crippen LogP contribution >= 0.6 is 11.8 Å². The number of likely N-dealkylation sites (N-methyl/N-ethyl adjacent to an activating group) is 1. The van der Waals surface area contributed by atoms with E-state index in [1.807, 2.05) is 6.92 Å². The second kappa shape index (κ2) is 6.31. The largest absolute Gasteiger partial charge is 0.358 e. The molecule has 0 heterocycles. The van der Waals surface area contributed by atoms with Crippen LogP contribution in [0.4, 0.5) is 0 Å². The molecule has 2 unspecified atom stereocenters. The molecule has 0 radical (unpaired) electrons. The van der Waals surface area contributed by atoms with Crippen LogP contribution < -0.4 is 10.6 Å². The van der Waals surface area contributed by atoms with E-state index < -0.39 is 0 Å². The minimum Gasteiger partial charge on any atom is -0.358 e. The molecule has 0 saturated heterocycles. The second-order valence-electron chi connectivity index (χ2n) is 2.86. The average Bonchev–Trinajstić information content (AvgIpc) is 2.03. The van der Waals surface area contributed by atoms with Crippen molar-refractivity contribution in [1.29, 1.82) is 0 Å². The lowest BCUT2D eigenvalue weighted by Gasteiger charge is -2.17. The molecule has 4 heteroatoms. The van der Waals surface area contributed by atoms with Crippen molar-refractivity contribution in [2.45, 2.75) is 25.9 Å². The Balaban J connectivity index is 3.67. The Morgan fingerprint density at radius 1 is 1.50 bits per heavy atom. The Kier molecular flexibility index (Phi) is 6.20. The molecule has 0 aliphatic rings. The predicted molar refractivity (Wildman–Crippen MR) is 54.5 cm³/mol. The number of hydrogen-bond acceptors (Lipinski definition) is 3. The Bertz CT molecular complexity index is 141. The van der Waals surface area contributed by atoms with Crippen LogP contribution in [-0.4, -0.2) is 37.0 Å². The Labute approximate surface area is 78.7 Å². The molecule has 1 amide bonds. The molecule has 0 bridgehead atoms. The second-order valence-corrected chi connectivity index (χ2v) is 3.77. The number of rotatable bonds is 5. The molecule has 2 atom stereocenters. The van der Waals surface area contributed by atoms with Gasteiger partial charge in [-0.2, -0.15) is 11.8 Å².